The molecular formula is C37H52N8O4. The molecule has 2 unspecified atom stereocenters. The second-order valence-electron chi connectivity index (χ2n) is 16.0. The number of amides is 1. The number of carbonyl (C=O) groups is 1. The lowest BCUT2D eigenvalue weighted by molar-refractivity contribution is -0.108. The first-order valence-electron chi connectivity index (χ1n) is 18.2. The third kappa shape index (κ3) is 7.30. The van der Waals surface area contributed by atoms with Crippen molar-refractivity contribution in [1.29, 1.82) is 5.26 Å². The number of anilines is 2. The van der Waals surface area contributed by atoms with E-state index in [1.165, 1.54) is 0 Å². The number of rotatable bonds is 7. The number of piperazine rings is 1. The smallest absolute Gasteiger partial charge is 0.410 e. The lowest BCUT2D eigenvalue weighted by Crippen LogP contribution is -2.59. The van der Waals surface area contributed by atoms with E-state index in [0.29, 0.717) is 48.3 Å². The van der Waals surface area contributed by atoms with Gasteiger partial charge in [0.2, 0.25) is 0 Å². The zero-order chi connectivity index (χ0) is 34.3. The number of para-hydroxylation sites is 1. The molecule has 0 spiro atoms. The number of aromatic hydroxyl groups is 1. The summed E-state index contributed by atoms with van der Waals surface area (Å²) in [7, 11) is 0. The van der Waals surface area contributed by atoms with Gasteiger partial charge in [0.25, 0.3) is 0 Å². The summed E-state index contributed by atoms with van der Waals surface area (Å²) in [5, 5.41) is 29.4. The van der Waals surface area contributed by atoms with Crippen molar-refractivity contribution in [3.8, 4) is 23.1 Å². The van der Waals surface area contributed by atoms with Gasteiger partial charge in [-0.1, -0.05) is 12.1 Å². The van der Waals surface area contributed by atoms with Crippen molar-refractivity contribution >= 4 is 17.6 Å². The van der Waals surface area contributed by atoms with Crippen molar-refractivity contribution in [1.82, 2.24) is 24.9 Å². The van der Waals surface area contributed by atoms with E-state index in [-0.39, 0.29) is 29.5 Å². The second kappa shape index (κ2) is 13.6. The number of nitrogen functional groups attached to an aromatic ring is 1. The van der Waals surface area contributed by atoms with E-state index in [4.69, 9.17) is 15.2 Å². The molecule has 5 fully saturated rings. The highest BCUT2D eigenvalue weighted by molar-refractivity contribution is 5.74. The zero-order valence-electron chi connectivity index (χ0n) is 29.3. The molecule has 1 aromatic carbocycles. The third-order valence-corrected chi connectivity index (χ3v) is 11.5. The standard InChI is InChI=1S/C37H52N8O4/c1-36(2,3)49-35(47)43-14-10-28(11-15-43)48-29-18-27(19-29)42-16-12-37(23-38,13-17-42)24-45-25-8-9-26(45)22-44(21-25)32-20-31(40-41-34(32)39)30-6-4-5-7-33(30)46/h4-7,20,25-29,46H,8-19,21-22,24H2,1-3H3,(H2,39,41). The number of nitrogens with two attached hydrogens (primary N) is 1. The van der Waals surface area contributed by atoms with Gasteiger partial charge in [0, 0.05) is 56.4 Å². The first kappa shape index (κ1) is 33.8. The van der Waals surface area contributed by atoms with Crippen LogP contribution in [0, 0.1) is 16.7 Å². The van der Waals surface area contributed by atoms with E-state index >= 15 is 0 Å². The quantitative estimate of drug-likeness (QED) is 0.425. The van der Waals surface area contributed by atoms with Crippen LogP contribution in [0.3, 0.4) is 0 Å². The third-order valence-electron chi connectivity index (χ3n) is 11.5. The summed E-state index contributed by atoms with van der Waals surface area (Å²) in [6, 6.07) is 13.2. The number of hydrogen-bond acceptors (Lipinski definition) is 11. The molecule has 7 rings (SSSR count). The molecule has 2 atom stereocenters. The number of hydrogen-bond donors (Lipinski definition) is 2. The largest absolute Gasteiger partial charge is 0.507 e. The van der Waals surface area contributed by atoms with Gasteiger partial charge < -0.3 is 35.0 Å². The maximum Gasteiger partial charge on any atom is 0.410 e. The number of carbonyl (C=O) groups excluding carboxylic acids is 1. The number of likely N-dealkylation sites (tertiary alicyclic amines) is 2. The Morgan fingerprint density at radius 1 is 1.00 bits per heavy atom. The van der Waals surface area contributed by atoms with Gasteiger partial charge in [-0.2, -0.15) is 5.26 Å². The predicted octanol–water partition coefficient (Wildman–Crippen LogP) is 4.64. The van der Waals surface area contributed by atoms with Crippen LogP contribution in [-0.4, -0.2) is 118 Å². The van der Waals surface area contributed by atoms with Crippen LogP contribution in [0.25, 0.3) is 11.3 Å². The van der Waals surface area contributed by atoms with Crippen molar-refractivity contribution in [2.24, 2.45) is 5.41 Å². The number of nitrogens with zero attached hydrogens (tertiary/aromatic N) is 7. The molecule has 1 saturated carbocycles. The number of fused-ring (bicyclic) bond motifs is 2. The molecule has 12 nitrogen and oxygen atoms in total. The van der Waals surface area contributed by atoms with E-state index in [2.05, 4.69) is 31.0 Å². The molecule has 1 aliphatic carbocycles. The van der Waals surface area contributed by atoms with Gasteiger partial charge in [0.15, 0.2) is 5.82 Å². The van der Waals surface area contributed by atoms with Crippen molar-refractivity contribution < 1.29 is 19.4 Å². The number of ether oxygens (including phenoxy) is 2. The normalized spacial score (nSPS) is 27.8. The van der Waals surface area contributed by atoms with Crippen molar-refractivity contribution in [3.63, 3.8) is 0 Å². The molecule has 12 heteroatoms. The van der Waals surface area contributed by atoms with Crippen molar-refractivity contribution in [3.05, 3.63) is 30.3 Å². The van der Waals surface area contributed by atoms with Crippen LogP contribution in [0.5, 0.6) is 5.75 Å². The van der Waals surface area contributed by atoms with Gasteiger partial charge in [0.05, 0.1) is 35.1 Å². The Morgan fingerprint density at radius 2 is 1.67 bits per heavy atom. The van der Waals surface area contributed by atoms with E-state index in [1.807, 2.05) is 39.0 Å². The lowest BCUT2D eigenvalue weighted by atomic mass is 9.76. The van der Waals surface area contributed by atoms with Crippen LogP contribution in [0.1, 0.15) is 72.1 Å². The highest BCUT2D eigenvalue weighted by Gasteiger charge is 2.47. The summed E-state index contributed by atoms with van der Waals surface area (Å²) in [4.78, 5) is 21.7. The van der Waals surface area contributed by atoms with Gasteiger partial charge in [-0.3, -0.25) is 4.90 Å². The van der Waals surface area contributed by atoms with Crippen LogP contribution in [-0.2, 0) is 9.47 Å². The summed E-state index contributed by atoms with van der Waals surface area (Å²) in [6.07, 6.45) is 8.12. The predicted molar refractivity (Wildman–Crippen MR) is 187 cm³/mol. The highest BCUT2D eigenvalue weighted by atomic mass is 16.6. The number of phenolic OH excluding ortho intramolecular Hbond substituents is 1. The summed E-state index contributed by atoms with van der Waals surface area (Å²) in [5.74, 6) is 0.574. The van der Waals surface area contributed by atoms with E-state index in [1.54, 1.807) is 17.0 Å². The SMILES string of the molecule is CC(C)(C)OC(=O)N1CCC(OC2CC(N3CCC(C#N)(CN4C5CCC4CN(c4cc(-c6ccccc6O)nnc4N)C5)CC3)C2)CC1. The van der Waals surface area contributed by atoms with E-state index in [0.717, 1.165) is 89.8 Å². The molecule has 2 bridgehead atoms. The van der Waals surface area contributed by atoms with E-state index < -0.39 is 5.60 Å². The molecular weight excluding hydrogens is 620 g/mol. The minimum atomic E-state index is -0.474. The summed E-state index contributed by atoms with van der Waals surface area (Å²) < 4.78 is 12.0. The average molecular weight is 673 g/mol. The van der Waals surface area contributed by atoms with Crippen LogP contribution >= 0.6 is 0 Å². The molecule has 1 aromatic heterocycles. The molecule has 1 amide bonds. The minimum Gasteiger partial charge on any atom is -0.507 e. The molecule has 5 heterocycles. The van der Waals surface area contributed by atoms with Gasteiger partial charge >= 0.3 is 6.09 Å². The van der Waals surface area contributed by atoms with E-state index in [9.17, 15) is 15.2 Å². The number of phenols is 1. The van der Waals surface area contributed by atoms with Gasteiger partial charge in [0.1, 0.15) is 11.4 Å². The average Bonchev–Trinajstić information content (AvgIpc) is 3.27. The Kier molecular flexibility index (Phi) is 9.37. The van der Waals surface area contributed by atoms with Gasteiger partial charge in [-0.15, -0.1) is 10.2 Å². The molecule has 0 radical (unpaired) electrons. The Morgan fingerprint density at radius 3 is 2.31 bits per heavy atom. The van der Waals surface area contributed by atoms with Crippen LogP contribution in [0.15, 0.2) is 30.3 Å². The number of benzene rings is 1. The maximum absolute atomic E-state index is 12.4. The Balaban J connectivity index is 0.878. The maximum atomic E-state index is 12.4. The molecule has 4 saturated heterocycles. The second-order valence-corrected chi connectivity index (χ2v) is 16.0. The molecule has 264 valence electrons. The Bertz CT molecular complexity index is 1520. The van der Waals surface area contributed by atoms with Crippen molar-refractivity contribution in [2.75, 3.05) is 56.4 Å². The molecule has 3 N–H and O–H groups in total. The van der Waals surface area contributed by atoms with Gasteiger partial charge in [-0.05, 0) is 103 Å². The highest BCUT2D eigenvalue weighted by Crippen LogP contribution is 2.42. The first-order valence-corrected chi connectivity index (χ1v) is 18.2. The fourth-order valence-corrected chi connectivity index (χ4v) is 8.60. The Hall–Kier alpha value is -3.66. The number of piperidine rings is 2. The topological polar surface area (TPSA) is 144 Å². The lowest BCUT2D eigenvalue weighted by Gasteiger charge is -2.50. The number of aromatic nitrogens is 2. The molecule has 4 aliphatic heterocycles. The number of nitriles is 1. The zero-order valence-corrected chi connectivity index (χ0v) is 29.3. The first-order chi connectivity index (χ1) is 23.5. The van der Waals surface area contributed by atoms with Crippen LogP contribution < -0.4 is 10.6 Å². The summed E-state index contributed by atoms with van der Waals surface area (Å²) in [5.41, 5.74) is 7.67. The van der Waals surface area contributed by atoms with Gasteiger partial charge in [-0.25, -0.2) is 4.79 Å². The van der Waals surface area contributed by atoms with Crippen LogP contribution in [0.2, 0.25) is 0 Å². The molecule has 5 aliphatic rings. The van der Waals surface area contributed by atoms with Crippen LogP contribution in [0.4, 0.5) is 16.3 Å². The summed E-state index contributed by atoms with van der Waals surface area (Å²) in [6.45, 7) is 11.5. The molecule has 2 aromatic rings. The minimum absolute atomic E-state index is 0.171. The van der Waals surface area contributed by atoms with Crippen molar-refractivity contribution in [2.45, 2.75) is 108 Å². The fraction of sp³-hybridized carbons (Fsp3) is 0.676. The molecule has 49 heavy (non-hydrogen) atoms. The monoisotopic (exact) mass is 672 g/mol. The fourth-order valence-electron chi connectivity index (χ4n) is 8.60. The Labute approximate surface area is 290 Å². The summed E-state index contributed by atoms with van der Waals surface area (Å²) >= 11 is 0.